The zero-order valence-electron chi connectivity index (χ0n) is 22.4. The first kappa shape index (κ1) is 27.8. The van der Waals surface area contributed by atoms with Crippen LogP contribution in [-0.4, -0.2) is 23.5 Å². The number of fused-ring (bicyclic) bond motifs is 1. The van der Waals surface area contributed by atoms with Crippen LogP contribution in [0.15, 0.2) is 12.7 Å². The van der Waals surface area contributed by atoms with Crippen molar-refractivity contribution in [3.63, 3.8) is 0 Å². The van der Waals surface area contributed by atoms with Crippen molar-refractivity contribution in [1.82, 2.24) is 5.32 Å². The lowest BCUT2D eigenvalue weighted by Gasteiger charge is -2.43. The molecular weight excluding hydrogens is 410 g/mol. The van der Waals surface area contributed by atoms with Gasteiger partial charge in [-0.15, -0.1) is 6.58 Å². The summed E-state index contributed by atoms with van der Waals surface area (Å²) in [5, 5.41) is 3.08. The molecule has 1 amide bonds. The zero-order valence-corrected chi connectivity index (χ0v) is 22.4. The Morgan fingerprint density at radius 1 is 1.00 bits per heavy atom. The normalized spacial score (nSPS) is 33.8. The predicted molar refractivity (Wildman–Crippen MR) is 136 cm³/mol. The van der Waals surface area contributed by atoms with Crippen LogP contribution >= 0.6 is 0 Å². The molecule has 11 unspecified atom stereocenters. The number of amides is 1. The van der Waals surface area contributed by atoms with Gasteiger partial charge in [0.05, 0.1) is 0 Å². The molecule has 2 rings (SSSR count). The van der Waals surface area contributed by atoms with Crippen molar-refractivity contribution in [2.75, 3.05) is 0 Å². The first-order valence-electron chi connectivity index (χ1n) is 13.4. The smallest absolute Gasteiger partial charge is 0.223 e. The minimum Gasteiger partial charge on any atom is -0.350 e. The van der Waals surface area contributed by atoms with E-state index in [1.807, 2.05) is 27.7 Å². The van der Waals surface area contributed by atoms with Gasteiger partial charge in [-0.1, -0.05) is 61.0 Å². The molecule has 0 saturated heterocycles. The van der Waals surface area contributed by atoms with Gasteiger partial charge in [0.2, 0.25) is 5.91 Å². The topological polar surface area (TPSA) is 63.2 Å². The van der Waals surface area contributed by atoms with E-state index in [1.54, 1.807) is 6.08 Å². The second kappa shape index (κ2) is 11.8. The van der Waals surface area contributed by atoms with E-state index < -0.39 is 0 Å². The number of hydrogen-bond donors (Lipinski definition) is 1. The summed E-state index contributed by atoms with van der Waals surface area (Å²) in [6, 6.07) is -0.0294. The average molecular weight is 460 g/mol. The fourth-order valence-corrected chi connectivity index (χ4v) is 6.79. The SMILES string of the molecule is C=CC(C)NC(=O)C1CC(C)C2C(C(=O)C(C)C(C)C(=O)C(C)CC(C)CC)CCC2C1C. The molecule has 0 radical (unpaired) electrons. The molecule has 0 aromatic heterocycles. The molecule has 0 aromatic carbocycles. The van der Waals surface area contributed by atoms with Gasteiger partial charge in [-0.2, -0.15) is 0 Å². The number of Topliss-reactive ketones (excluding diaryl/α,β-unsaturated/α-hetero) is 2. The summed E-state index contributed by atoms with van der Waals surface area (Å²) in [4.78, 5) is 39.6. The fraction of sp³-hybridized carbons (Fsp3) is 0.828. The van der Waals surface area contributed by atoms with E-state index in [1.165, 1.54) is 0 Å². The third kappa shape index (κ3) is 6.17. The van der Waals surface area contributed by atoms with Crippen molar-refractivity contribution in [1.29, 1.82) is 0 Å². The van der Waals surface area contributed by atoms with E-state index in [0.29, 0.717) is 23.7 Å². The first-order valence-corrected chi connectivity index (χ1v) is 13.4. The van der Waals surface area contributed by atoms with Crippen molar-refractivity contribution < 1.29 is 14.4 Å². The summed E-state index contributed by atoms with van der Waals surface area (Å²) >= 11 is 0. The largest absolute Gasteiger partial charge is 0.350 e. The summed E-state index contributed by atoms with van der Waals surface area (Å²) < 4.78 is 0. The molecule has 2 aliphatic rings. The van der Waals surface area contributed by atoms with E-state index in [-0.39, 0.29) is 59.0 Å². The van der Waals surface area contributed by atoms with E-state index in [0.717, 1.165) is 32.1 Å². The molecule has 1 N–H and O–H groups in total. The van der Waals surface area contributed by atoms with Crippen molar-refractivity contribution in [3.8, 4) is 0 Å². The van der Waals surface area contributed by atoms with Gasteiger partial charge >= 0.3 is 0 Å². The first-order chi connectivity index (χ1) is 15.4. The number of ketones is 2. The van der Waals surface area contributed by atoms with Crippen LogP contribution in [0.4, 0.5) is 0 Å². The quantitative estimate of drug-likeness (QED) is 0.380. The van der Waals surface area contributed by atoms with Gasteiger partial charge in [-0.3, -0.25) is 14.4 Å². The zero-order chi connectivity index (χ0) is 25.0. The summed E-state index contributed by atoms with van der Waals surface area (Å²) in [6.07, 6.45) is 6.47. The van der Waals surface area contributed by atoms with Gasteiger partial charge in [0.25, 0.3) is 0 Å². The predicted octanol–water partition coefficient (Wildman–Crippen LogP) is 6.09. The minimum absolute atomic E-state index is 0.00293. The van der Waals surface area contributed by atoms with Gasteiger partial charge in [-0.05, 0) is 62.2 Å². The Bertz CT molecular complexity index is 716. The summed E-state index contributed by atoms with van der Waals surface area (Å²) in [5.74, 6) is 2.07. The van der Waals surface area contributed by atoms with E-state index in [4.69, 9.17) is 0 Å². The summed E-state index contributed by atoms with van der Waals surface area (Å²) in [5.41, 5.74) is 0. The molecule has 4 heteroatoms. The van der Waals surface area contributed by atoms with E-state index >= 15 is 0 Å². The number of nitrogens with one attached hydrogen (secondary N) is 1. The molecule has 2 saturated carbocycles. The maximum atomic E-state index is 13.7. The Kier molecular flexibility index (Phi) is 9.94. The van der Waals surface area contributed by atoms with Gasteiger partial charge in [0.15, 0.2) is 0 Å². The molecule has 11 atom stereocenters. The van der Waals surface area contributed by atoms with Crippen LogP contribution in [-0.2, 0) is 14.4 Å². The highest BCUT2D eigenvalue weighted by Gasteiger charge is 2.52. The molecule has 4 nitrogen and oxygen atoms in total. The maximum Gasteiger partial charge on any atom is 0.223 e. The number of hydrogen-bond acceptors (Lipinski definition) is 3. The van der Waals surface area contributed by atoms with Crippen molar-refractivity contribution in [2.24, 2.45) is 59.2 Å². The second-order valence-corrected chi connectivity index (χ2v) is 11.7. The average Bonchev–Trinajstić information content (AvgIpc) is 3.25. The standard InChI is InChI=1S/C29H49NO3/c1-10-16(3)14-18(5)27(31)20(7)21(8)28(32)24-13-12-23-22(9)25(15-17(4)26(23)24)29(33)30-19(6)11-2/h11,16-26H,2,10,12-15H2,1,3-9H3,(H,30,33). The Labute approximate surface area is 202 Å². The van der Waals surface area contributed by atoms with Crippen LogP contribution < -0.4 is 5.32 Å². The van der Waals surface area contributed by atoms with Gasteiger partial charge < -0.3 is 5.32 Å². The van der Waals surface area contributed by atoms with Crippen molar-refractivity contribution >= 4 is 17.5 Å². The summed E-state index contributed by atoms with van der Waals surface area (Å²) in [6.45, 7) is 20.4. The fourth-order valence-electron chi connectivity index (χ4n) is 6.79. The third-order valence-electron chi connectivity index (χ3n) is 9.37. The molecule has 0 spiro atoms. The molecule has 0 heterocycles. The molecule has 0 aliphatic heterocycles. The lowest BCUT2D eigenvalue weighted by Crippen LogP contribution is -2.47. The molecule has 0 bridgehead atoms. The molecule has 188 valence electrons. The van der Waals surface area contributed by atoms with Gasteiger partial charge in [0, 0.05) is 35.6 Å². The highest BCUT2D eigenvalue weighted by Crippen LogP contribution is 2.54. The van der Waals surface area contributed by atoms with Crippen LogP contribution in [0.5, 0.6) is 0 Å². The molecule has 2 fully saturated rings. The number of rotatable bonds is 11. The lowest BCUT2D eigenvalue weighted by molar-refractivity contribution is -0.138. The Balaban J connectivity index is 2.08. The van der Waals surface area contributed by atoms with Gasteiger partial charge in [0.1, 0.15) is 11.6 Å². The Morgan fingerprint density at radius 3 is 2.21 bits per heavy atom. The third-order valence-corrected chi connectivity index (χ3v) is 9.37. The molecule has 2 aliphatic carbocycles. The highest BCUT2D eigenvalue weighted by molar-refractivity contribution is 5.91. The Hall–Kier alpha value is -1.45. The maximum absolute atomic E-state index is 13.7. The van der Waals surface area contributed by atoms with E-state index in [2.05, 4.69) is 39.6 Å². The van der Waals surface area contributed by atoms with Crippen molar-refractivity contribution in [2.45, 2.75) is 93.5 Å². The van der Waals surface area contributed by atoms with Gasteiger partial charge in [-0.25, -0.2) is 0 Å². The number of carbonyl (C=O) groups is 3. The van der Waals surface area contributed by atoms with E-state index in [9.17, 15) is 14.4 Å². The minimum atomic E-state index is -0.238. The molecule has 0 aromatic rings. The van der Waals surface area contributed by atoms with Crippen LogP contribution in [0, 0.1) is 59.2 Å². The molecular formula is C29H49NO3. The van der Waals surface area contributed by atoms with Crippen LogP contribution in [0.25, 0.3) is 0 Å². The summed E-state index contributed by atoms with van der Waals surface area (Å²) in [7, 11) is 0. The highest BCUT2D eigenvalue weighted by atomic mass is 16.2. The van der Waals surface area contributed by atoms with Crippen molar-refractivity contribution in [3.05, 3.63) is 12.7 Å². The Morgan fingerprint density at radius 2 is 1.64 bits per heavy atom. The number of carbonyl (C=O) groups excluding carboxylic acids is 3. The van der Waals surface area contributed by atoms with Crippen LogP contribution in [0.1, 0.15) is 87.5 Å². The van der Waals surface area contributed by atoms with Crippen LogP contribution in [0.3, 0.4) is 0 Å². The second-order valence-electron chi connectivity index (χ2n) is 11.7. The monoisotopic (exact) mass is 459 g/mol. The lowest BCUT2D eigenvalue weighted by atomic mass is 9.61. The van der Waals surface area contributed by atoms with Crippen LogP contribution in [0.2, 0.25) is 0 Å². The molecule has 33 heavy (non-hydrogen) atoms.